The molecule has 0 aromatic rings. The second-order valence-corrected chi connectivity index (χ2v) is 5.57. The van der Waals surface area contributed by atoms with Gasteiger partial charge >= 0.3 is 0 Å². The van der Waals surface area contributed by atoms with Gasteiger partial charge in [0, 0.05) is 19.1 Å². The van der Waals surface area contributed by atoms with Crippen LogP contribution in [0.2, 0.25) is 0 Å². The van der Waals surface area contributed by atoms with Gasteiger partial charge in [-0.2, -0.15) is 0 Å². The molecular weight excluding hydrogens is 220 g/mol. The molecule has 0 aromatic carbocycles. The Balaban J connectivity index is 0.00000128. The molecule has 3 heteroatoms. The highest BCUT2D eigenvalue weighted by Crippen LogP contribution is 2.26. The van der Waals surface area contributed by atoms with Gasteiger partial charge in [0.05, 0.1) is 0 Å². The molecule has 2 saturated heterocycles. The first-order chi connectivity index (χ1) is 7.29. The van der Waals surface area contributed by atoms with Crippen molar-refractivity contribution in [3.05, 3.63) is 0 Å². The van der Waals surface area contributed by atoms with Crippen molar-refractivity contribution >= 4 is 12.4 Å². The molecule has 3 atom stereocenters. The van der Waals surface area contributed by atoms with Crippen LogP contribution in [0.1, 0.15) is 39.5 Å². The van der Waals surface area contributed by atoms with E-state index in [9.17, 15) is 0 Å². The lowest BCUT2D eigenvalue weighted by molar-refractivity contribution is 0.189. The maximum Gasteiger partial charge on any atom is 0.00958 e. The van der Waals surface area contributed by atoms with E-state index in [4.69, 9.17) is 0 Å². The average molecular weight is 247 g/mol. The first-order valence-corrected chi connectivity index (χ1v) is 6.74. The van der Waals surface area contributed by atoms with Crippen molar-refractivity contribution in [2.24, 2.45) is 11.8 Å². The summed E-state index contributed by atoms with van der Waals surface area (Å²) in [5.41, 5.74) is 0. The van der Waals surface area contributed by atoms with Crippen LogP contribution in [0.4, 0.5) is 0 Å². The van der Waals surface area contributed by atoms with Gasteiger partial charge in [-0.3, -0.25) is 4.90 Å². The van der Waals surface area contributed by atoms with E-state index in [1.807, 2.05) is 0 Å². The predicted octanol–water partition coefficient (Wildman–Crippen LogP) is 2.53. The standard InChI is InChI=1S/C13H26N2.ClH/c1-3-13-7-11(2)9-15(13)10-12-5-4-6-14-8-12;/h11-14H,3-10H2,1-2H3;1H. The zero-order valence-corrected chi connectivity index (χ0v) is 11.6. The fraction of sp³-hybridized carbons (Fsp3) is 1.00. The number of hydrogen-bond donors (Lipinski definition) is 1. The summed E-state index contributed by atoms with van der Waals surface area (Å²) in [5, 5.41) is 3.53. The zero-order chi connectivity index (χ0) is 10.7. The Hall–Kier alpha value is 0.210. The lowest BCUT2D eigenvalue weighted by atomic mass is 9.98. The molecule has 2 rings (SSSR count). The number of piperidine rings is 1. The molecule has 16 heavy (non-hydrogen) atoms. The molecule has 0 aromatic heterocycles. The second-order valence-electron chi connectivity index (χ2n) is 5.57. The van der Waals surface area contributed by atoms with Crippen LogP contribution in [0.25, 0.3) is 0 Å². The molecule has 0 spiro atoms. The minimum Gasteiger partial charge on any atom is -0.316 e. The predicted molar refractivity (Wildman–Crippen MR) is 72.3 cm³/mol. The fourth-order valence-electron chi connectivity index (χ4n) is 3.30. The second kappa shape index (κ2) is 6.83. The number of likely N-dealkylation sites (tertiary alicyclic amines) is 1. The van der Waals surface area contributed by atoms with E-state index in [2.05, 4.69) is 24.1 Å². The monoisotopic (exact) mass is 246 g/mol. The molecule has 2 fully saturated rings. The summed E-state index contributed by atoms with van der Waals surface area (Å²) >= 11 is 0. The van der Waals surface area contributed by atoms with Gasteiger partial charge in [0.15, 0.2) is 0 Å². The molecule has 0 amide bonds. The molecule has 0 radical (unpaired) electrons. The Labute approximate surface area is 107 Å². The quantitative estimate of drug-likeness (QED) is 0.824. The fourth-order valence-corrected chi connectivity index (χ4v) is 3.30. The summed E-state index contributed by atoms with van der Waals surface area (Å²) in [6.07, 6.45) is 5.58. The summed E-state index contributed by atoms with van der Waals surface area (Å²) in [6.45, 7) is 9.92. The number of nitrogens with one attached hydrogen (secondary N) is 1. The van der Waals surface area contributed by atoms with Gasteiger partial charge in [-0.1, -0.05) is 13.8 Å². The first-order valence-electron chi connectivity index (χ1n) is 6.74. The Kier molecular flexibility index (Phi) is 6.09. The topological polar surface area (TPSA) is 15.3 Å². The smallest absolute Gasteiger partial charge is 0.00958 e. The highest BCUT2D eigenvalue weighted by molar-refractivity contribution is 5.85. The molecule has 3 unspecified atom stereocenters. The van der Waals surface area contributed by atoms with Gasteiger partial charge in [-0.15, -0.1) is 12.4 Å². The first kappa shape index (κ1) is 14.3. The average Bonchev–Trinajstić information content (AvgIpc) is 2.60. The van der Waals surface area contributed by atoms with Crippen molar-refractivity contribution in [2.75, 3.05) is 26.2 Å². The van der Waals surface area contributed by atoms with Crippen molar-refractivity contribution in [2.45, 2.75) is 45.6 Å². The van der Waals surface area contributed by atoms with Crippen LogP contribution in [0.15, 0.2) is 0 Å². The van der Waals surface area contributed by atoms with Crippen molar-refractivity contribution in [1.29, 1.82) is 0 Å². The molecule has 0 aliphatic carbocycles. The number of hydrogen-bond acceptors (Lipinski definition) is 2. The van der Waals surface area contributed by atoms with Crippen molar-refractivity contribution in [3.63, 3.8) is 0 Å². The van der Waals surface area contributed by atoms with Crippen LogP contribution in [0.3, 0.4) is 0 Å². The lowest BCUT2D eigenvalue weighted by Gasteiger charge is -2.30. The Bertz CT molecular complexity index is 192. The summed E-state index contributed by atoms with van der Waals surface area (Å²) in [7, 11) is 0. The molecule has 0 bridgehead atoms. The van der Waals surface area contributed by atoms with Crippen LogP contribution < -0.4 is 5.32 Å². The number of halogens is 1. The van der Waals surface area contributed by atoms with Crippen LogP contribution in [-0.4, -0.2) is 37.1 Å². The summed E-state index contributed by atoms with van der Waals surface area (Å²) in [6, 6.07) is 0.877. The minimum absolute atomic E-state index is 0. The van der Waals surface area contributed by atoms with Crippen LogP contribution in [0, 0.1) is 11.8 Å². The zero-order valence-electron chi connectivity index (χ0n) is 10.7. The molecule has 2 heterocycles. The van der Waals surface area contributed by atoms with E-state index in [0.29, 0.717) is 0 Å². The molecule has 0 saturated carbocycles. The van der Waals surface area contributed by atoms with E-state index < -0.39 is 0 Å². The SMILES string of the molecule is CCC1CC(C)CN1CC1CCCNC1.Cl. The molecule has 2 nitrogen and oxygen atoms in total. The summed E-state index contributed by atoms with van der Waals surface area (Å²) in [5.74, 6) is 1.84. The number of nitrogens with zero attached hydrogens (tertiary/aromatic N) is 1. The third-order valence-electron chi connectivity index (χ3n) is 4.10. The Morgan fingerprint density at radius 3 is 2.81 bits per heavy atom. The van der Waals surface area contributed by atoms with Crippen molar-refractivity contribution < 1.29 is 0 Å². The van der Waals surface area contributed by atoms with Gasteiger partial charge < -0.3 is 5.32 Å². The van der Waals surface area contributed by atoms with Crippen molar-refractivity contribution in [1.82, 2.24) is 10.2 Å². The minimum atomic E-state index is 0. The molecular formula is C13H27ClN2. The highest BCUT2D eigenvalue weighted by Gasteiger charge is 2.29. The van der Waals surface area contributed by atoms with E-state index in [0.717, 1.165) is 17.9 Å². The van der Waals surface area contributed by atoms with Crippen LogP contribution >= 0.6 is 12.4 Å². The van der Waals surface area contributed by atoms with E-state index in [1.165, 1.54) is 51.9 Å². The normalized spacial score (nSPS) is 36.0. The van der Waals surface area contributed by atoms with Gasteiger partial charge in [0.25, 0.3) is 0 Å². The Morgan fingerprint density at radius 2 is 2.19 bits per heavy atom. The van der Waals surface area contributed by atoms with Gasteiger partial charge in [0.1, 0.15) is 0 Å². The Morgan fingerprint density at radius 1 is 1.38 bits per heavy atom. The van der Waals surface area contributed by atoms with Gasteiger partial charge in [-0.25, -0.2) is 0 Å². The molecule has 2 aliphatic heterocycles. The lowest BCUT2D eigenvalue weighted by Crippen LogP contribution is -2.40. The molecule has 96 valence electrons. The third kappa shape index (κ3) is 3.61. The van der Waals surface area contributed by atoms with E-state index in [-0.39, 0.29) is 12.4 Å². The largest absolute Gasteiger partial charge is 0.316 e. The van der Waals surface area contributed by atoms with E-state index in [1.54, 1.807) is 0 Å². The summed E-state index contributed by atoms with van der Waals surface area (Å²) < 4.78 is 0. The molecule has 1 N–H and O–H groups in total. The van der Waals surface area contributed by atoms with E-state index >= 15 is 0 Å². The van der Waals surface area contributed by atoms with Crippen LogP contribution in [0.5, 0.6) is 0 Å². The highest BCUT2D eigenvalue weighted by atomic mass is 35.5. The number of rotatable bonds is 3. The van der Waals surface area contributed by atoms with Gasteiger partial charge in [0.2, 0.25) is 0 Å². The maximum absolute atomic E-state index is 3.53. The summed E-state index contributed by atoms with van der Waals surface area (Å²) in [4.78, 5) is 2.75. The maximum atomic E-state index is 3.53. The van der Waals surface area contributed by atoms with Gasteiger partial charge in [-0.05, 0) is 50.6 Å². The third-order valence-corrected chi connectivity index (χ3v) is 4.10. The molecule has 2 aliphatic rings. The van der Waals surface area contributed by atoms with Crippen LogP contribution in [-0.2, 0) is 0 Å². The van der Waals surface area contributed by atoms with Crippen molar-refractivity contribution in [3.8, 4) is 0 Å².